The molecule has 2 amide bonds. The molecule has 1 saturated heterocycles. The third-order valence-corrected chi connectivity index (χ3v) is 5.84. The zero-order chi connectivity index (χ0) is 22.8. The number of carbonyl (C=O) groups is 2. The molecular weight excluding hydrogens is 414 g/mol. The predicted molar refractivity (Wildman–Crippen MR) is 116 cm³/mol. The van der Waals surface area contributed by atoms with Gasteiger partial charge in [-0.3, -0.25) is 19.7 Å². The van der Waals surface area contributed by atoms with Crippen molar-refractivity contribution in [2.24, 2.45) is 0 Å². The molecule has 2 aliphatic heterocycles. The molecule has 9 heteroatoms. The molecule has 2 aromatic carbocycles. The molecule has 0 spiro atoms. The van der Waals surface area contributed by atoms with Crippen LogP contribution in [0.3, 0.4) is 0 Å². The lowest BCUT2D eigenvalue weighted by Crippen LogP contribution is -2.46. The normalized spacial score (nSPS) is 17.2. The van der Waals surface area contributed by atoms with Crippen LogP contribution in [0.4, 0.5) is 5.69 Å². The molecule has 1 fully saturated rings. The van der Waals surface area contributed by atoms with Crippen molar-refractivity contribution >= 4 is 17.5 Å². The van der Waals surface area contributed by atoms with E-state index in [1.165, 1.54) is 18.2 Å². The number of aryl methyl sites for hydroxylation is 1. The minimum Gasteiger partial charge on any atom is -0.486 e. The number of likely N-dealkylation sites (tertiary alicyclic amines) is 1. The molecule has 0 saturated carbocycles. The van der Waals surface area contributed by atoms with E-state index in [1.807, 2.05) is 18.2 Å². The van der Waals surface area contributed by atoms with Gasteiger partial charge in [0, 0.05) is 37.3 Å². The summed E-state index contributed by atoms with van der Waals surface area (Å²) in [5.41, 5.74) is 1.64. The summed E-state index contributed by atoms with van der Waals surface area (Å²) < 4.78 is 11.1. The van der Waals surface area contributed by atoms with Crippen molar-refractivity contribution < 1.29 is 24.0 Å². The van der Waals surface area contributed by atoms with Crippen LogP contribution in [-0.2, 0) is 11.3 Å². The largest absolute Gasteiger partial charge is 0.486 e. The number of rotatable bonds is 5. The molecule has 0 radical (unpaired) electrons. The monoisotopic (exact) mass is 439 g/mol. The molecule has 168 valence electrons. The number of amides is 2. The molecule has 32 heavy (non-hydrogen) atoms. The Labute approximate surface area is 185 Å². The first-order chi connectivity index (χ1) is 15.3. The maximum Gasteiger partial charge on any atom is 0.272 e. The van der Waals surface area contributed by atoms with Gasteiger partial charge in [0.1, 0.15) is 19.3 Å². The second-order valence-corrected chi connectivity index (χ2v) is 8.09. The minimum atomic E-state index is -0.555. The van der Waals surface area contributed by atoms with Gasteiger partial charge in [0.05, 0.1) is 4.92 Å². The van der Waals surface area contributed by atoms with E-state index in [1.54, 1.807) is 23.8 Å². The first-order valence-corrected chi connectivity index (χ1v) is 10.5. The van der Waals surface area contributed by atoms with Crippen molar-refractivity contribution in [3.63, 3.8) is 0 Å². The fraction of sp³-hybridized carbons (Fsp3) is 0.391. The molecule has 2 aromatic rings. The minimum absolute atomic E-state index is 0.0326. The van der Waals surface area contributed by atoms with Crippen molar-refractivity contribution in [1.29, 1.82) is 0 Å². The summed E-state index contributed by atoms with van der Waals surface area (Å²) in [5, 5.41) is 11.1. The highest BCUT2D eigenvalue weighted by atomic mass is 16.6. The summed E-state index contributed by atoms with van der Waals surface area (Å²) in [4.78, 5) is 40.0. The standard InChI is InChI=1S/C23H25N3O6/c1-15-12-17(6-7-18(15)26(29)30)22(27)25-9-3-4-19(25)23(28)24(2)14-16-5-8-20-21(13-16)32-11-10-31-20/h5-8,12-13,19H,3-4,9-11,14H2,1-2H3. The zero-order valence-corrected chi connectivity index (χ0v) is 18.1. The summed E-state index contributed by atoms with van der Waals surface area (Å²) in [6.45, 7) is 3.47. The van der Waals surface area contributed by atoms with Crippen LogP contribution >= 0.6 is 0 Å². The first kappa shape index (κ1) is 21.6. The average molecular weight is 439 g/mol. The van der Waals surface area contributed by atoms with Crippen LogP contribution in [0.15, 0.2) is 36.4 Å². The predicted octanol–water partition coefficient (Wildman–Crippen LogP) is 2.94. The third-order valence-electron chi connectivity index (χ3n) is 5.84. The van der Waals surface area contributed by atoms with Crippen molar-refractivity contribution in [1.82, 2.24) is 9.80 Å². The fourth-order valence-electron chi connectivity index (χ4n) is 4.22. The van der Waals surface area contributed by atoms with Crippen LogP contribution in [0, 0.1) is 17.0 Å². The summed E-state index contributed by atoms with van der Waals surface area (Å²) >= 11 is 0. The van der Waals surface area contributed by atoms with E-state index in [9.17, 15) is 19.7 Å². The van der Waals surface area contributed by atoms with Crippen LogP contribution in [0.5, 0.6) is 11.5 Å². The smallest absolute Gasteiger partial charge is 0.272 e. The Balaban J connectivity index is 1.46. The SMILES string of the molecule is Cc1cc(C(=O)N2CCCC2C(=O)N(C)Cc2ccc3c(c2)OCCO3)ccc1[N+](=O)[O-]. The van der Waals surface area contributed by atoms with Gasteiger partial charge in [-0.05, 0) is 49.6 Å². The maximum atomic E-state index is 13.2. The molecule has 0 bridgehead atoms. The molecule has 0 aliphatic carbocycles. The topological polar surface area (TPSA) is 102 Å². The Bertz CT molecular complexity index is 1070. The fourth-order valence-corrected chi connectivity index (χ4v) is 4.22. The van der Waals surface area contributed by atoms with E-state index in [0.717, 1.165) is 12.0 Å². The highest BCUT2D eigenvalue weighted by molar-refractivity contribution is 5.98. The van der Waals surface area contributed by atoms with Crippen LogP contribution in [0.25, 0.3) is 0 Å². The van der Waals surface area contributed by atoms with Gasteiger partial charge < -0.3 is 19.3 Å². The quantitative estimate of drug-likeness (QED) is 0.524. The number of fused-ring (bicyclic) bond motifs is 1. The van der Waals surface area contributed by atoms with Crippen LogP contribution in [-0.4, -0.2) is 59.4 Å². The molecule has 1 unspecified atom stereocenters. The summed E-state index contributed by atoms with van der Waals surface area (Å²) in [6.07, 6.45) is 1.31. The van der Waals surface area contributed by atoms with E-state index in [0.29, 0.717) is 55.4 Å². The number of nitro benzene ring substituents is 1. The van der Waals surface area contributed by atoms with Gasteiger partial charge >= 0.3 is 0 Å². The molecule has 2 aliphatic rings. The number of hydrogen-bond acceptors (Lipinski definition) is 6. The van der Waals surface area contributed by atoms with Gasteiger partial charge in [-0.2, -0.15) is 0 Å². The Kier molecular flexibility index (Phi) is 5.98. The number of carbonyl (C=O) groups excluding carboxylic acids is 2. The Hall–Kier alpha value is -3.62. The van der Waals surface area contributed by atoms with Crippen molar-refractivity contribution in [3.8, 4) is 11.5 Å². The van der Waals surface area contributed by atoms with E-state index in [4.69, 9.17) is 9.47 Å². The zero-order valence-electron chi connectivity index (χ0n) is 18.1. The van der Waals surface area contributed by atoms with Gasteiger partial charge in [-0.1, -0.05) is 6.07 Å². The number of hydrogen-bond donors (Lipinski definition) is 0. The van der Waals surface area contributed by atoms with E-state index >= 15 is 0 Å². The number of benzene rings is 2. The average Bonchev–Trinajstić information content (AvgIpc) is 3.27. The van der Waals surface area contributed by atoms with Gasteiger partial charge in [0.2, 0.25) is 5.91 Å². The highest BCUT2D eigenvalue weighted by Gasteiger charge is 2.36. The Morgan fingerprint density at radius 1 is 1.16 bits per heavy atom. The number of ether oxygens (including phenoxy) is 2. The van der Waals surface area contributed by atoms with Gasteiger partial charge in [-0.15, -0.1) is 0 Å². The second kappa shape index (κ2) is 8.86. The Morgan fingerprint density at radius 2 is 1.91 bits per heavy atom. The molecule has 9 nitrogen and oxygen atoms in total. The second-order valence-electron chi connectivity index (χ2n) is 8.09. The van der Waals surface area contributed by atoms with Crippen molar-refractivity contribution in [3.05, 3.63) is 63.2 Å². The van der Waals surface area contributed by atoms with E-state index in [2.05, 4.69) is 0 Å². The highest BCUT2D eigenvalue weighted by Crippen LogP contribution is 2.31. The molecule has 1 atom stereocenters. The van der Waals surface area contributed by atoms with Crippen LogP contribution < -0.4 is 9.47 Å². The lowest BCUT2D eigenvalue weighted by Gasteiger charge is -2.28. The molecule has 0 aromatic heterocycles. The molecule has 0 N–H and O–H groups in total. The van der Waals surface area contributed by atoms with Gasteiger partial charge in [0.25, 0.3) is 11.6 Å². The van der Waals surface area contributed by atoms with E-state index in [-0.39, 0.29) is 17.5 Å². The molecule has 4 rings (SSSR count). The lowest BCUT2D eigenvalue weighted by molar-refractivity contribution is -0.385. The summed E-state index contributed by atoms with van der Waals surface area (Å²) in [7, 11) is 1.72. The van der Waals surface area contributed by atoms with Crippen LogP contribution in [0.2, 0.25) is 0 Å². The van der Waals surface area contributed by atoms with E-state index < -0.39 is 11.0 Å². The number of likely N-dealkylation sites (N-methyl/N-ethyl adjacent to an activating group) is 1. The van der Waals surface area contributed by atoms with Crippen molar-refractivity contribution in [2.45, 2.75) is 32.4 Å². The van der Waals surface area contributed by atoms with Gasteiger partial charge in [-0.25, -0.2) is 0 Å². The number of nitro groups is 1. The Morgan fingerprint density at radius 3 is 2.62 bits per heavy atom. The molecular formula is C23H25N3O6. The first-order valence-electron chi connectivity index (χ1n) is 10.5. The van der Waals surface area contributed by atoms with Crippen molar-refractivity contribution in [2.75, 3.05) is 26.8 Å². The summed E-state index contributed by atoms with van der Waals surface area (Å²) in [5.74, 6) is 0.941. The summed E-state index contributed by atoms with van der Waals surface area (Å²) in [6, 6.07) is 9.35. The molecule has 2 heterocycles. The third kappa shape index (κ3) is 4.23. The van der Waals surface area contributed by atoms with Crippen LogP contribution in [0.1, 0.15) is 34.3 Å². The maximum absolute atomic E-state index is 13.2. The van der Waals surface area contributed by atoms with Gasteiger partial charge in [0.15, 0.2) is 11.5 Å². The number of nitrogens with zero attached hydrogens (tertiary/aromatic N) is 3. The lowest BCUT2D eigenvalue weighted by atomic mass is 10.1.